The molecule has 11 heteroatoms. The van der Waals surface area contributed by atoms with Crippen LogP contribution >= 0.6 is 0 Å². The van der Waals surface area contributed by atoms with Crippen LogP contribution in [0.15, 0.2) is 36.5 Å². The van der Waals surface area contributed by atoms with Gasteiger partial charge in [-0.25, -0.2) is 18.7 Å². The highest BCUT2D eigenvalue weighted by molar-refractivity contribution is 5.88. The summed E-state index contributed by atoms with van der Waals surface area (Å²) in [6, 6.07) is 7.49. The number of hydrogen-bond donors (Lipinski definition) is 2. The number of amides is 1. The second-order valence-electron chi connectivity index (χ2n) is 10.2. The van der Waals surface area contributed by atoms with E-state index in [4.69, 9.17) is 9.47 Å². The molecule has 3 aromatic rings. The number of nitrogens with one attached hydrogen (secondary N) is 1. The molecule has 0 radical (unpaired) electrons. The van der Waals surface area contributed by atoms with Gasteiger partial charge in [-0.15, -0.1) is 0 Å². The molecule has 1 aliphatic rings. The first kappa shape index (κ1) is 29.4. The zero-order valence-corrected chi connectivity index (χ0v) is 22.9. The lowest BCUT2D eigenvalue weighted by molar-refractivity contribution is -0.135. The number of nitrogens with zero attached hydrogens (tertiary/aromatic N) is 3. The van der Waals surface area contributed by atoms with Gasteiger partial charge in [0, 0.05) is 50.1 Å². The van der Waals surface area contributed by atoms with Crippen LogP contribution in [0, 0.1) is 23.4 Å². The predicted molar refractivity (Wildman–Crippen MR) is 145 cm³/mol. The lowest BCUT2D eigenvalue weighted by atomic mass is 9.87. The van der Waals surface area contributed by atoms with Crippen LogP contribution in [0.25, 0.3) is 10.9 Å². The summed E-state index contributed by atoms with van der Waals surface area (Å²) in [4.78, 5) is 21.0. The second kappa shape index (κ2) is 13.2. The summed E-state index contributed by atoms with van der Waals surface area (Å²) in [5, 5.41) is 10.2. The number of methoxy groups -OCH3 is 1. The highest BCUT2D eigenvalue weighted by atomic mass is 19.2. The van der Waals surface area contributed by atoms with E-state index >= 15 is 0 Å². The summed E-state index contributed by atoms with van der Waals surface area (Å²) in [7, 11) is 5.59. The molecule has 40 heavy (non-hydrogen) atoms. The van der Waals surface area contributed by atoms with E-state index in [0.717, 1.165) is 59.3 Å². The van der Waals surface area contributed by atoms with E-state index in [2.05, 4.69) is 9.88 Å². The van der Waals surface area contributed by atoms with Crippen molar-refractivity contribution in [3.63, 3.8) is 0 Å². The second-order valence-corrected chi connectivity index (χ2v) is 10.2. The number of aromatic nitrogens is 1. The van der Waals surface area contributed by atoms with E-state index in [1.54, 1.807) is 12.6 Å². The average molecular weight is 561 g/mol. The molecule has 1 amide bonds. The Morgan fingerprint density at radius 1 is 1.18 bits per heavy atom. The average Bonchev–Trinajstić information content (AvgIpc) is 2.95. The van der Waals surface area contributed by atoms with Crippen molar-refractivity contribution in [3.8, 4) is 11.5 Å². The Morgan fingerprint density at radius 3 is 2.60 bits per heavy atom. The van der Waals surface area contributed by atoms with E-state index in [9.17, 15) is 23.2 Å². The van der Waals surface area contributed by atoms with Gasteiger partial charge in [0.15, 0.2) is 17.5 Å². The SMILES string of the molecule is COc1ccc2ncc(N(C)C)c(CCCC3CC(C(=O)NO)CCN3CCOc3cc(F)c(F)c(F)c3)c2c1. The van der Waals surface area contributed by atoms with Gasteiger partial charge in [0.2, 0.25) is 5.91 Å². The standard InChI is InChI=1S/C29H35F3N4O4/c1-35(2)27-17-33-26-8-7-20(39-3)14-23(26)22(27)6-4-5-19-13-18(29(37)34-38)9-10-36(19)11-12-40-21-15-24(30)28(32)25(31)16-21/h7-8,14-19,38H,4-6,9-13H2,1-3H3,(H,34,37). The normalized spacial score (nSPS) is 17.6. The highest BCUT2D eigenvalue weighted by Crippen LogP contribution is 2.32. The highest BCUT2D eigenvalue weighted by Gasteiger charge is 2.32. The third-order valence-corrected chi connectivity index (χ3v) is 7.53. The first-order valence-corrected chi connectivity index (χ1v) is 13.3. The fraction of sp³-hybridized carbons (Fsp3) is 0.448. The largest absolute Gasteiger partial charge is 0.497 e. The molecule has 1 aromatic heterocycles. The van der Waals surface area contributed by atoms with Gasteiger partial charge in [-0.05, 0) is 62.4 Å². The molecule has 0 saturated carbocycles. The van der Waals surface area contributed by atoms with Gasteiger partial charge < -0.3 is 14.4 Å². The van der Waals surface area contributed by atoms with E-state index < -0.39 is 23.4 Å². The third kappa shape index (κ3) is 6.76. The van der Waals surface area contributed by atoms with Crippen LogP contribution in [0.3, 0.4) is 0 Å². The molecular weight excluding hydrogens is 525 g/mol. The van der Waals surface area contributed by atoms with Crippen LogP contribution in [0.5, 0.6) is 11.5 Å². The molecule has 4 rings (SSSR count). The maximum Gasteiger partial charge on any atom is 0.246 e. The summed E-state index contributed by atoms with van der Waals surface area (Å²) in [5.41, 5.74) is 4.83. The molecule has 2 atom stereocenters. The molecule has 1 fully saturated rings. The number of halogens is 3. The molecule has 0 bridgehead atoms. The minimum absolute atomic E-state index is 0.0202. The van der Waals surface area contributed by atoms with Crippen LogP contribution in [-0.4, -0.2) is 67.9 Å². The number of fused-ring (bicyclic) bond motifs is 1. The molecular formula is C29H35F3N4O4. The van der Waals surface area contributed by atoms with Crippen LogP contribution in [-0.2, 0) is 11.2 Å². The van der Waals surface area contributed by atoms with E-state index in [-0.39, 0.29) is 24.3 Å². The number of benzene rings is 2. The number of aryl methyl sites for hydroxylation is 1. The fourth-order valence-electron chi connectivity index (χ4n) is 5.43. The Kier molecular flexibility index (Phi) is 9.70. The Labute approximate surface area is 231 Å². The molecule has 1 saturated heterocycles. The summed E-state index contributed by atoms with van der Waals surface area (Å²) in [6.45, 7) is 1.19. The molecule has 2 N–H and O–H groups in total. The van der Waals surface area contributed by atoms with E-state index in [0.29, 0.717) is 25.9 Å². The quantitative estimate of drug-likeness (QED) is 0.200. The van der Waals surface area contributed by atoms with Crippen molar-refractivity contribution < 1.29 is 32.6 Å². The van der Waals surface area contributed by atoms with E-state index in [1.807, 2.05) is 43.4 Å². The Morgan fingerprint density at radius 2 is 1.93 bits per heavy atom. The van der Waals surface area contributed by atoms with Crippen molar-refractivity contribution in [3.05, 3.63) is 59.5 Å². The third-order valence-electron chi connectivity index (χ3n) is 7.53. The monoisotopic (exact) mass is 560 g/mol. The van der Waals surface area contributed by atoms with Crippen molar-refractivity contribution in [2.75, 3.05) is 45.8 Å². The maximum atomic E-state index is 13.6. The van der Waals surface area contributed by atoms with Gasteiger partial charge >= 0.3 is 0 Å². The molecule has 2 heterocycles. The zero-order valence-electron chi connectivity index (χ0n) is 22.9. The van der Waals surface area contributed by atoms with Crippen molar-refractivity contribution in [2.45, 2.75) is 38.1 Å². The Hall–Kier alpha value is -3.57. The summed E-state index contributed by atoms with van der Waals surface area (Å²) < 4.78 is 51.3. The molecule has 0 spiro atoms. The number of carbonyl (C=O) groups is 1. The van der Waals surface area contributed by atoms with Gasteiger partial charge in [-0.3, -0.25) is 19.9 Å². The fourth-order valence-corrected chi connectivity index (χ4v) is 5.43. The number of piperidine rings is 1. The smallest absolute Gasteiger partial charge is 0.246 e. The van der Waals surface area contributed by atoms with Crippen LogP contribution in [0.1, 0.15) is 31.2 Å². The van der Waals surface area contributed by atoms with Crippen LogP contribution in [0.2, 0.25) is 0 Å². The Balaban J connectivity index is 1.46. The number of anilines is 1. The number of likely N-dealkylation sites (tertiary alicyclic amines) is 1. The topological polar surface area (TPSA) is 87.2 Å². The number of pyridine rings is 1. The number of carbonyl (C=O) groups excluding carboxylic acids is 1. The van der Waals surface area contributed by atoms with Crippen LogP contribution < -0.4 is 19.9 Å². The molecule has 2 unspecified atom stereocenters. The minimum Gasteiger partial charge on any atom is -0.497 e. The molecule has 2 aromatic carbocycles. The van der Waals surface area contributed by atoms with Crippen molar-refractivity contribution in [2.24, 2.45) is 5.92 Å². The number of ether oxygens (including phenoxy) is 2. The van der Waals surface area contributed by atoms with Gasteiger partial charge in [0.25, 0.3) is 0 Å². The summed E-state index contributed by atoms with van der Waals surface area (Å²) >= 11 is 0. The summed E-state index contributed by atoms with van der Waals surface area (Å²) in [5.74, 6) is -4.20. The van der Waals surface area contributed by atoms with Gasteiger partial charge in [-0.1, -0.05) is 0 Å². The van der Waals surface area contributed by atoms with Gasteiger partial charge in [0.05, 0.1) is 24.5 Å². The van der Waals surface area contributed by atoms with Gasteiger partial charge in [-0.2, -0.15) is 0 Å². The Bertz CT molecular complexity index is 1320. The zero-order chi connectivity index (χ0) is 28.8. The predicted octanol–water partition coefficient (Wildman–Crippen LogP) is 4.71. The molecule has 1 aliphatic heterocycles. The lowest BCUT2D eigenvalue weighted by Gasteiger charge is -2.39. The summed E-state index contributed by atoms with van der Waals surface area (Å²) in [6.07, 6.45) is 5.35. The number of hydroxylamine groups is 1. The molecule has 216 valence electrons. The van der Waals surface area contributed by atoms with E-state index in [1.165, 1.54) is 0 Å². The number of hydrogen-bond acceptors (Lipinski definition) is 7. The van der Waals surface area contributed by atoms with Crippen molar-refractivity contribution >= 4 is 22.5 Å². The van der Waals surface area contributed by atoms with Gasteiger partial charge in [0.1, 0.15) is 18.1 Å². The number of rotatable bonds is 11. The van der Waals surface area contributed by atoms with Crippen LogP contribution in [0.4, 0.5) is 18.9 Å². The first-order valence-electron chi connectivity index (χ1n) is 13.3. The first-order chi connectivity index (χ1) is 19.2. The van der Waals surface area contributed by atoms with Crippen molar-refractivity contribution in [1.82, 2.24) is 15.4 Å². The van der Waals surface area contributed by atoms with Crippen molar-refractivity contribution in [1.29, 1.82) is 0 Å². The molecule has 0 aliphatic carbocycles. The lowest BCUT2D eigenvalue weighted by Crippen LogP contribution is -2.47. The maximum absolute atomic E-state index is 13.6. The molecule has 8 nitrogen and oxygen atoms in total. The minimum atomic E-state index is -1.53.